The Kier molecular flexibility index (Phi) is 5.01. The van der Waals surface area contributed by atoms with E-state index in [9.17, 15) is 9.59 Å². The molecule has 5 nitrogen and oxygen atoms in total. The van der Waals surface area contributed by atoms with E-state index in [1.165, 1.54) is 30.2 Å². The summed E-state index contributed by atoms with van der Waals surface area (Å²) in [6.45, 7) is 2.16. The molecule has 0 saturated carbocycles. The van der Waals surface area contributed by atoms with Crippen molar-refractivity contribution >= 4 is 39.3 Å². The van der Waals surface area contributed by atoms with Crippen LogP contribution < -0.4 is 5.56 Å². The number of rotatable bonds is 5. The molecule has 0 N–H and O–H groups in total. The fraction of sp³-hybridized carbons (Fsp3) is 0.235. The van der Waals surface area contributed by atoms with Gasteiger partial charge in [0, 0.05) is 0 Å². The number of methoxy groups -OCH3 is 1. The Hall–Kier alpha value is -2.12. The number of esters is 1. The van der Waals surface area contributed by atoms with Gasteiger partial charge in [-0.05, 0) is 23.9 Å². The fourth-order valence-electron chi connectivity index (χ4n) is 2.29. The first-order chi connectivity index (χ1) is 11.6. The summed E-state index contributed by atoms with van der Waals surface area (Å²) in [6, 6.07) is 11.5. The number of carbonyl (C=O) groups is 1. The predicted octanol–water partition coefficient (Wildman–Crippen LogP) is 3.16. The largest absolute Gasteiger partial charge is 0.468 e. The Morgan fingerprint density at radius 2 is 2.08 bits per heavy atom. The summed E-state index contributed by atoms with van der Waals surface area (Å²) < 4.78 is 7.02. The molecule has 0 spiro atoms. The number of nitrogens with zero attached hydrogens (tertiary/aromatic N) is 2. The van der Waals surface area contributed by atoms with Gasteiger partial charge in [0.15, 0.2) is 5.16 Å². The van der Waals surface area contributed by atoms with Gasteiger partial charge < -0.3 is 4.74 Å². The molecule has 124 valence electrons. The molecule has 7 heteroatoms. The molecular formula is C17H16N2O3S2. The number of ether oxygens (including phenoxy) is 1. The molecule has 0 aliphatic heterocycles. The van der Waals surface area contributed by atoms with Crippen LogP contribution in [0.1, 0.15) is 12.5 Å². The van der Waals surface area contributed by atoms with Crippen LogP contribution in [0.2, 0.25) is 0 Å². The van der Waals surface area contributed by atoms with Crippen LogP contribution in [0.25, 0.3) is 10.2 Å². The highest BCUT2D eigenvalue weighted by Crippen LogP contribution is 2.25. The highest BCUT2D eigenvalue weighted by atomic mass is 32.2. The summed E-state index contributed by atoms with van der Waals surface area (Å²) in [4.78, 5) is 29.1. The fourth-order valence-corrected chi connectivity index (χ4v) is 4.00. The second-order valence-corrected chi connectivity index (χ2v) is 7.41. The molecule has 2 aromatic heterocycles. The van der Waals surface area contributed by atoms with Crippen molar-refractivity contribution in [2.45, 2.75) is 23.9 Å². The van der Waals surface area contributed by atoms with Crippen LogP contribution in [0.15, 0.2) is 51.7 Å². The maximum Gasteiger partial charge on any atom is 0.318 e. The molecule has 1 atom stereocenters. The molecule has 0 bridgehead atoms. The van der Waals surface area contributed by atoms with Crippen LogP contribution in [-0.4, -0.2) is 27.9 Å². The molecular weight excluding hydrogens is 344 g/mol. The molecule has 0 fully saturated rings. The van der Waals surface area contributed by atoms with Crippen LogP contribution >= 0.6 is 23.1 Å². The van der Waals surface area contributed by atoms with Crippen molar-refractivity contribution in [2.75, 3.05) is 7.11 Å². The number of thiophene rings is 1. The van der Waals surface area contributed by atoms with Gasteiger partial charge in [0.05, 0.1) is 19.2 Å². The average Bonchev–Trinajstić information content (AvgIpc) is 3.07. The van der Waals surface area contributed by atoms with Gasteiger partial charge in [0.2, 0.25) is 0 Å². The van der Waals surface area contributed by atoms with Crippen molar-refractivity contribution in [2.24, 2.45) is 0 Å². The second-order valence-electron chi connectivity index (χ2n) is 5.19. The zero-order valence-corrected chi connectivity index (χ0v) is 14.9. The maximum absolute atomic E-state index is 12.8. The van der Waals surface area contributed by atoms with E-state index in [0.717, 1.165) is 5.56 Å². The number of aromatic nitrogens is 2. The van der Waals surface area contributed by atoms with E-state index in [1.807, 2.05) is 41.8 Å². The summed E-state index contributed by atoms with van der Waals surface area (Å²) in [7, 11) is 1.35. The standard InChI is InChI=1S/C17H16N2O3S2/c1-11(16(21)22-2)24-17-18-13-8-9-23-14(13)15(20)19(17)10-12-6-4-3-5-7-12/h3-9,11H,10H2,1-2H3/t11-/m1/s1. The summed E-state index contributed by atoms with van der Waals surface area (Å²) in [5.74, 6) is -0.342. The molecule has 3 rings (SSSR count). The number of carbonyl (C=O) groups excluding carboxylic acids is 1. The normalized spacial score (nSPS) is 12.2. The Bertz CT molecular complexity index is 918. The second kappa shape index (κ2) is 7.19. The molecule has 3 aromatic rings. The van der Waals surface area contributed by atoms with Gasteiger partial charge in [-0.25, -0.2) is 4.98 Å². The lowest BCUT2D eigenvalue weighted by Gasteiger charge is -2.14. The number of fused-ring (bicyclic) bond motifs is 1. The summed E-state index contributed by atoms with van der Waals surface area (Å²) in [5, 5.41) is 1.93. The van der Waals surface area contributed by atoms with Gasteiger partial charge in [-0.15, -0.1) is 11.3 Å². The lowest BCUT2D eigenvalue weighted by molar-refractivity contribution is -0.139. The zero-order chi connectivity index (χ0) is 17.1. The molecule has 0 aliphatic rings. The first kappa shape index (κ1) is 16.7. The molecule has 24 heavy (non-hydrogen) atoms. The zero-order valence-electron chi connectivity index (χ0n) is 13.3. The van der Waals surface area contributed by atoms with Crippen molar-refractivity contribution in [1.82, 2.24) is 9.55 Å². The van der Waals surface area contributed by atoms with Crippen molar-refractivity contribution < 1.29 is 9.53 Å². The Balaban J connectivity index is 2.06. The SMILES string of the molecule is COC(=O)[C@@H](C)Sc1nc2ccsc2c(=O)n1Cc1ccccc1. The quantitative estimate of drug-likeness (QED) is 0.397. The molecule has 0 saturated heterocycles. The van der Waals surface area contributed by atoms with E-state index in [4.69, 9.17) is 4.74 Å². The number of hydrogen-bond donors (Lipinski definition) is 0. The first-order valence-electron chi connectivity index (χ1n) is 7.36. The molecule has 0 aliphatic carbocycles. The Morgan fingerprint density at radius 1 is 1.33 bits per heavy atom. The van der Waals surface area contributed by atoms with Crippen molar-refractivity contribution in [3.05, 3.63) is 57.7 Å². The van der Waals surface area contributed by atoms with Gasteiger partial charge in [-0.2, -0.15) is 0 Å². The van der Waals surface area contributed by atoms with Gasteiger partial charge in [0.25, 0.3) is 5.56 Å². The highest BCUT2D eigenvalue weighted by molar-refractivity contribution is 8.00. The van der Waals surface area contributed by atoms with E-state index in [2.05, 4.69) is 4.98 Å². The third-order valence-corrected chi connectivity index (χ3v) is 5.49. The van der Waals surface area contributed by atoms with Gasteiger partial charge in [-0.1, -0.05) is 42.1 Å². The topological polar surface area (TPSA) is 61.2 Å². The van der Waals surface area contributed by atoms with Crippen LogP contribution in [0.3, 0.4) is 0 Å². The smallest absolute Gasteiger partial charge is 0.318 e. The predicted molar refractivity (Wildman–Crippen MR) is 96.8 cm³/mol. The van der Waals surface area contributed by atoms with Crippen molar-refractivity contribution in [3.8, 4) is 0 Å². The Labute approximate surface area is 147 Å². The first-order valence-corrected chi connectivity index (χ1v) is 9.12. The minimum absolute atomic E-state index is 0.0848. The summed E-state index contributed by atoms with van der Waals surface area (Å²) >= 11 is 2.62. The monoisotopic (exact) mass is 360 g/mol. The van der Waals surface area contributed by atoms with E-state index in [1.54, 1.807) is 11.5 Å². The lowest BCUT2D eigenvalue weighted by atomic mass is 10.2. The number of benzene rings is 1. The van der Waals surface area contributed by atoms with E-state index >= 15 is 0 Å². The summed E-state index contributed by atoms with van der Waals surface area (Å²) in [6.07, 6.45) is 0. The average molecular weight is 360 g/mol. The van der Waals surface area contributed by atoms with Crippen LogP contribution in [0, 0.1) is 0 Å². The van der Waals surface area contributed by atoms with Crippen LogP contribution in [-0.2, 0) is 16.1 Å². The van der Waals surface area contributed by atoms with Gasteiger partial charge >= 0.3 is 5.97 Å². The third-order valence-electron chi connectivity index (χ3n) is 3.53. The van der Waals surface area contributed by atoms with Crippen LogP contribution in [0.4, 0.5) is 0 Å². The lowest BCUT2D eigenvalue weighted by Crippen LogP contribution is -2.25. The van der Waals surface area contributed by atoms with Crippen LogP contribution in [0.5, 0.6) is 0 Å². The molecule has 1 aromatic carbocycles. The molecule has 0 radical (unpaired) electrons. The molecule has 0 unspecified atom stereocenters. The van der Waals surface area contributed by atoms with Gasteiger partial charge in [0.1, 0.15) is 9.95 Å². The van der Waals surface area contributed by atoms with E-state index < -0.39 is 5.25 Å². The van der Waals surface area contributed by atoms with Crippen molar-refractivity contribution in [3.63, 3.8) is 0 Å². The highest BCUT2D eigenvalue weighted by Gasteiger charge is 2.20. The third kappa shape index (κ3) is 3.37. The minimum atomic E-state index is -0.444. The molecule has 0 amide bonds. The van der Waals surface area contributed by atoms with Crippen molar-refractivity contribution in [1.29, 1.82) is 0 Å². The minimum Gasteiger partial charge on any atom is -0.468 e. The summed E-state index contributed by atoms with van der Waals surface area (Å²) in [5.41, 5.74) is 1.58. The maximum atomic E-state index is 12.8. The molecule has 2 heterocycles. The Morgan fingerprint density at radius 3 is 2.79 bits per heavy atom. The number of thioether (sulfide) groups is 1. The van der Waals surface area contributed by atoms with Gasteiger partial charge in [-0.3, -0.25) is 14.2 Å². The van der Waals surface area contributed by atoms with E-state index in [0.29, 0.717) is 21.9 Å². The van der Waals surface area contributed by atoms with E-state index in [-0.39, 0.29) is 11.5 Å². The number of hydrogen-bond acceptors (Lipinski definition) is 6.